The molecule has 1 aliphatic heterocycles. The summed E-state index contributed by atoms with van der Waals surface area (Å²) in [7, 11) is 1.96. The first kappa shape index (κ1) is 14.6. The third-order valence-electron chi connectivity index (χ3n) is 4.38. The van der Waals surface area contributed by atoms with Crippen molar-refractivity contribution < 1.29 is 4.42 Å². The summed E-state index contributed by atoms with van der Waals surface area (Å²) in [6, 6.07) is 2.12. The molecule has 1 aliphatic rings. The van der Waals surface area contributed by atoms with Crippen LogP contribution in [0.5, 0.6) is 0 Å². The van der Waals surface area contributed by atoms with Crippen LogP contribution in [0.4, 0.5) is 0 Å². The van der Waals surface area contributed by atoms with Gasteiger partial charge in [0, 0.05) is 12.1 Å². The van der Waals surface area contributed by atoms with E-state index >= 15 is 0 Å². The first-order valence-electron chi connectivity index (χ1n) is 7.63. The molecule has 0 radical (unpaired) electrons. The zero-order valence-electron chi connectivity index (χ0n) is 12.6. The zero-order chi connectivity index (χ0) is 13.7. The fourth-order valence-corrected chi connectivity index (χ4v) is 3.07. The molecule has 0 aromatic carbocycles. The molecule has 1 N–H and O–H groups in total. The molecule has 2 heterocycles. The highest BCUT2D eigenvalue weighted by Gasteiger charge is 2.20. The van der Waals surface area contributed by atoms with E-state index in [0.717, 1.165) is 30.7 Å². The minimum atomic E-state index is 0.824. The predicted octanol–water partition coefficient (Wildman–Crippen LogP) is 3.26. The van der Waals surface area contributed by atoms with Gasteiger partial charge in [-0.1, -0.05) is 13.8 Å². The Morgan fingerprint density at radius 3 is 2.95 bits per heavy atom. The van der Waals surface area contributed by atoms with Crippen molar-refractivity contribution >= 4 is 0 Å². The second-order valence-corrected chi connectivity index (χ2v) is 6.11. The standard InChI is InChI=1S/C16H28N2O/c1-13(2)14-5-4-8-18(9-6-14)12-15-7-10-19-16(15)11-17-3/h7,10,13-14,17H,4-6,8-9,11-12H2,1-3H3. The fourth-order valence-electron chi connectivity index (χ4n) is 3.07. The average Bonchev–Trinajstić information content (AvgIpc) is 2.67. The summed E-state index contributed by atoms with van der Waals surface area (Å²) in [5, 5.41) is 3.17. The summed E-state index contributed by atoms with van der Waals surface area (Å²) in [6.45, 7) is 9.05. The van der Waals surface area contributed by atoms with Gasteiger partial charge in [-0.05, 0) is 57.3 Å². The third kappa shape index (κ3) is 4.08. The lowest BCUT2D eigenvalue weighted by Gasteiger charge is -2.21. The number of hydrogen-bond acceptors (Lipinski definition) is 3. The molecule has 1 aromatic rings. The van der Waals surface area contributed by atoms with E-state index in [2.05, 4.69) is 30.1 Å². The lowest BCUT2D eigenvalue weighted by Crippen LogP contribution is -2.25. The molecule has 0 amide bonds. The van der Waals surface area contributed by atoms with E-state index in [1.807, 2.05) is 13.3 Å². The lowest BCUT2D eigenvalue weighted by atomic mass is 9.89. The van der Waals surface area contributed by atoms with Gasteiger partial charge in [-0.25, -0.2) is 0 Å². The molecule has 1 saturated heterocycles. The van der Waals surface area contributed by atoms with Gasteiger partial charge in [0.05, 0.1) is 12.8 Å². The van der Waals surface area contributed by atoms with Crippen LogP contribution >= 0.6 is 0 Å². The van der Waals surface area contributed by atoms with Crippen LogP contribution in [0.2, 0.25) is 0 Å². The van der Waals surface area contributed by atoms with Crippen LogP contribution in [-0.2, 0) is 13.1 Å². The van der Waals surface area contributed by atoms with Crippen molar-refractivity contribution in [3.05, 3.63) is 23.7 Å². The fraction of sp³-hybridized carbons (Fsp3) is 0.750. The molecule has 1 fully saturated rings. The summed E-state index contributed by atoms with van der Waals surface area (Å²) in [5.41, 5.74) is 1.34. The molecule has 3 heteroatoms. The Labute approximate surface area is 117 Å². The van der Waals surface area contributed by atoms with Crippen LogP contribution in [-0.4, -0.2) is 25.0 Å². The molecule has 2 rings (SSSR count). The number of furan rings is 1. The quantitative estimate of drug-likeness (QED) is 0.885. The second-order valence-electron chi connectivity index (χ2n) is 6.11. The van der Waals surface area contributed by atoms with Gasteiger partial charge >= 0.3 is 0 Å². The molecular formula is C16H28N2O. The van der Waals surface area contributed by atoms with E-state index in [1.165, 1.54) is 37.9 Å². The highest BCUT2D eigenvalue weighted by atomic mass is 16.3. The largest absolute Gasteiger partial charge is 0.468 e. The topological polar surface area (TPSA) is 28.4 Å². The van der Waals surface area contributed by atoms with E-state index in [-0.39, 0.29) is 0 Å². The van der Waals surface area contributed by atoms with E-state index in [1.54, 1.807) is 0 Å². The van der Waals surface area contributed by atoms with Crippen molar-refractivity contribution in [3.8, 4) is 0 Å². The van der Waals surface area contributed by atoms with Gasteiger partial charge in [0.2, 0.25) is 0 Å². The second kappa shape index (κ2) is 7.11. The van der Waals surface area contributed by atoms with Crippen LogP contribution in [0.3, 0.4) is 0 Å². The Balaban J connectivity index is 1.90. The number of rotatable bonds is 5. The van der Waals surface area contributed by atoms with Gasteiger partial charge in [0.1, 0.15) is 5.76 Å². The average molecular weight is 264 g/mol. The minimum Gasteiger partial charge on any atom is -0.468 e. The Bertz CT molecular complexity index is 373. The molecular weight excluding hydrogens is 236 g/mol. The number of hydrogen-bond donors (Lipinski definition) is 1. The van der Waals surface area contributed by atoms with Gasteiger partial charge in [0.25, 0.3) is 0 Å². The Hall–Kier alpha value is -0.800. The molecule has 0 spiro atoms. The molecule has 0 bridgehead atoms. The smallest absolute Gasteiger partial charge is 0.122 e. The van der Waals surface area contributed by atoms with Gasteiger partial charge in [-0.2, -0.15) is 0 Å². The summed E-state index contributed by atoms with van der Waals surface area (Å²) in [4.78, 5) is 2.59. The summed E-state index contributed by atoms with van der Waals surface area (Å²) >= 11 is 0. The molecule has 0 saturated carbocycles. The Morgan fingerprint density at radius 1 is 1.37 bits per heavy atom. The number of nitrogens with one attached hydrogen (secondary N) is 1. The monoisotopic (exact) mass is 264 g/mol. The molecule has 19 heavy (non-hydrogen) atoms. The van der Waals surface area contributed by atoms with Crippen molar-refractivity contribution in [1.82, 2.24) is 10.2 Å². The lowest BCUT2D eigenvalue weighted by molar-refractivity contribution is 0.262. The van der Waals surface area contributed by atoms with Gasteiger partial charge < -0.3 is 9.73 Å². The first-order chi connectivity index (χ1) is 9.20. The summed E-state index contributed by atoms with van der Waals surface area (Å²) in [5.74, 6) is 2.83. The maximum absolute atomic E-state index is 5.55. The van der Waals surface area contributed by atoms with E-state index in [0.29, 0.717) is 0 Å². The highest BCUT2D eigenvalue weighted by molar-refractivity contribution is 5.16. The van der Waals surface area contributed by atoms with Gasteiger partial charge in [-0.3, -0.25) is 4.90 Å². The SMILES string of the molecule is CNCc1occc1CN1CCCC(C(C)C)CC1. The van der Waals surface area contributed by atoms with Gasteiger partial charge in [0.15, 0.2) is 0 Å². The molecule has 1 atom stereocenters. The highest BCUT2D eigenvalue weighted by Crippen LogP contribution is 2.25. The van der Waals surface area contributed by atoms with Crippen molar-refractivity contribution in [2.24, 2.45) is 11.8 Å². The van der Waals surface area contributed by atoms with Crippen LogP contribution < -0.4 is 5.32 Å². The maximum atomic E-state index is 5.55. The van der Waals surface area contributed by atoms with Crippen LogP contribution in [0.1, 0.15) is 44.4 Å². The predicted molar refractivity (Wildman–Crippen MR) is 78.9 cm³/mol. The normalized spacial score (nSPS) is 21.8. The van der Waals surface area contributed by atoms with E-state index in [4.69, 9.17) is 4.42 Å². The third-order valence-corrected chi connectivity index (χ3v) is 4.38. The van der Waals surface area contributed by atoms with E-state index in [9.17, 15) is 0 Å². The van der Waals surface area contributed by atoms with Crippen molar-refractivity contribution in [1.29, 1.82) is 0 Å². The van der Waals surface area contributed by atoms with Crippen molar-refractivity contribution in [3.63, 3.8) is 0 Å². The van der Waals surface area contributed by atoms with E-state index < -0.39 is 0 Å². The van der Waals surface area contributed by atoms with Crippen LogP contribution in [0.25, 0.3) is 0 Å². The zero-order valence-corrected chi connectivity index (χ0v) is 12.6. The maximum Gasteiger partial charge on any atom is 0.122 e. The summed E-state index contributed by atoms with van der Waals surface area (Å²) < 4.78 is 5.55. The molecule has 1 aromatic heterocycles. The van der Waals surface area contributed by atoms with Crippen LogP contribution in [0.15, 0.2) is 16.7 Å². The summed E-state index contributed by atoms with van der Waals surface area (Å²) in [6.07, 6.45) is 5.89. The molecule has 1 unspecified atom stereocenters. The minimum absolute atomic E-state index is 0.824. The van der Waals surface area contributed by atoms with Crippen molar-refractivity contribution in [2.45, 2.75) is 46.2 Å². The van der Waals surface area contributed by atoms with Gasteiger partial charge in [-0.15, -0.1) is 0 Å². The Kier molecular flexibility index (Phi) is 5.46. The van der Waals surface area contributed by atoms with Crippen LogP contribution in [0, 0.1) is 11.8 Å². The van der Waals surface area contributed by atoms with Crippen molar-refractivity contribution in [2.75, 3.05) is 20.1 Å². The molecule has 3 nitrogen and oxygen atoms in total. The Morgan fingerprint density at radius 2 is 2.21 bits per heavy atom. The molecule has 108 valence electrons. The number of likely N-dealkylation sites (tertiary alicyclic amines) is 1. The first-order valence-corrected chi connectivity index (χ1v) is 7.63. The molecule has 0 aliphatic carbocycles. The number of nitrogens with zero attached hydrogens (tertiary/aromatic N) is 1.